The van der Waals surface area contributed by atoms with Gasteiger partial charge in [0.05, 0.1) is 12.0 Å². The average Bonchev–Trinajstić information content (AvgIpc) is 2.76. The van der Waals surface area contributed by atoms with Gasteiger partial charge in [0.1, 0.15) is 6.54 Å². The van der Waals surface area contributed by atoms with Gasteiger partial charge in [-0.25, -0.2) is 0 Å². The van der Waals surface area contributed by atoms with Crippen molar-refractivity contribution in [2.24, 2.45) is 11.1 Å². The van der Waals surface area contributed by atoms with E-state index in [0.717, 1.165) is 25.7 Å². The Morgan fingerprint density at radius 1 is 1.38 bits per heavy atom. The van der Waals surface area contributed by atoms with E-state index in [2.05, 4.69) is 5.32 Å². The van der Waals surface area contributed by atoms with Crippen molar-refractivity contribution in [2.45, 2.75) is 32.6 Å². The lowest BCUT2D eigenvalue weighted by Gasteiger charge is -2.25. The van der Waals surface area contributed by atoms with Crippen LogP contribution >= 0.6 is 0 Å². The Balaban J connectivity index is 2.41. The molecular formula is C11H20N2O3. The van der Waals surface area contributed by atoms with Crippen molar-refractivity contribution in [3.05, 3.63) is 0 Å². The summed E-state index contributed by atoms with van der Waals surface area (Å²) >= 11 is 0. The van der Waals surface area contributed by atoms with Crippen LogP contribution < -0.4 is 11.1 Å². The van der Waals surface area contributed by atoms with E-state index in [1.165, 1.54) is 0 Å². The SMILES string of the molecule is CCOC(=O)CNC(=O)C1(CN)CCCC1. The first-order valence-electron chi connectivity index (χ1n) is 5.78. The summed E-state index contributed by atoms with van der Waals surface area (Å²) < 4.78 is 4.74. The first kappa shape index (κ1) is 13.0. The van der Waals surface area contributed by atoms with Gasteiger partial charge in [0.25, 0.3) is 0 Å². The summed E-state index contributed by atoms with van der Waals surface area (Å²) in [6.45, 7) is 2.35. The molecule has 5 nitrogen and oxygen atoms in total. The molecule has 0 bridgehead atoms. The molecule has 1 aliphatic rings. The predicted octanol–water partition coefficient (Wildman–Crippen LogP) is 0.185. The summed E-state index contributed by atoms with van der Waals surface area (Å²) in [5.74, 6) is -0.512. The Morgan fingerprint density at radius 2 is 2.00 bits per heavy atom. The number of esters is 1. The molecule has 0 aromatic rings. The molecular weight excluding hydrogens is 208 g/mol. The van der Waals surface area contributed by atoms with Gasteiger partial charge in [-0.2, -0.15) is 0 Å². The zero-order valence-electron chi connectivity index (χ0n) is 9.75. The molecule has 1 amide bonds. The highest BCUT2D eigenvalue weighted by molar-refractivity contribution is 5.86. The van der Waals surface area contributed by atoms with Crippen LogP contribution in [0.2, 0.25) is 0 Å². The number of rotatable bonds is 5. The van der Waals surface area contributed by atoms with Crippen LogP contribution in [0, 0.1) is 5.41 Å². The summed E-state index contributed by atoms with van der Waals surface area (Å²) in [6, 6.07) is 0. The van der Waals surface area contributed by atoms with E-state index in [1.54, 1.807) is 6.92 Å². The summed E-state index contributed by atoms with van der Waals surface area (Å²) in [6.07, 6.45) is 3.70. The van der Waals surface area contributed by atoms with E-state index < -0.39 is 11.4 Å². The number of amides is 1. The van der Waals surface area contributed by atoms with Crippen LogP contribution in [0.25, 0.3) is 0 Å². The lowest BCUT2D eigenvalue weighted by Crippen LogP contribution is -2.45. The van der Waals surface area contributed by atoms with Crippen molar-refractivity contribution in [1.82, 2.24) is 5.32 Å². The molecule has 1 fully saturated rings. The van der Waals surface area contributed by atoms with Crippen LogP contribution in [-0.2, 0) is 14.3 Å². The third kappa shape index (κ3) is 2.95. The van der Waals surface area contributed by atoms with Crippen LogP contribution in [0.4, 0.5) is 0 Å². The van der Waals surface area contributed by atoms with E-state index in [4.69, 9.17) is 10.5 Å². The highest BCUT2D eigenvalue weighted by Gasteiger charge is 2.39. The standard InChI is InChI=1S/C11H20N2O3/c1-2-16-9(14)7-13-10(15)11(8-12)5-3-4-6-11/h2-8,12H2,1H3,(H,13,15). The number of nitrogens with two attached hydrogens (primary N) is 1. The lowest BCUT2D eigenvalue weighted by molar-refractivity contribution is -0.144. The molecule has 1 saturated carbocycles. The van der Waals surface area contributed by atoms with Crippen molar-refractivity contribution < 1.29 is 14.3 Å². The molecule has 0 atom stereocenters. The predicted molar refractivity (Wildman–Crippen MR) is 59.6 cm³/mol. The molecule has 92 valence electrons. The molecule has 0 unspecified atom stereocenters. The van der Waals surface area contributed by atoms with Gasteiger partial charge in [0.2, 0.25) is 5.91 Å². The number of carbonyl (C=O) groups excluding carboxylic acids is 2. The highest BCUT2D eigenvalue weighted by atomic mass is 16.5. The molecule has 1 rings (SSSR count). The zero-order chi connectivity index (χ0) is 12.0. The maximum atomic E-state index is 11.9. The molecule has 1 aliphatic carbocycles. The van der Waals surface area contributed by atoms with Crippen LogP contribution in [0.5, 0.6) is 0 Å². The number of ether oxygens (including phenoxy) is 1. The van der Waals surface area contributed by atoms with Gasteiger partial charge in [-0.05, 0) is 19.8 Å². The van der Waals surface area contributed by atoms with Gasteiger partial charge < -0.3 is 15.8 Å². The molecule has 0 aromatic heterocycles. The van der Waals surface area contributed by atoms with Gasteiger partial charge in [-0.3, -0.25) is 9.59 Å². The second kappa shape index (κ2) is 5.84. The van der Waals surface area contributed by atoms with Crippen molar-refractivity contribution in [3.8, 4) is 0 Å². The number of hydrogen-bond acceptors (Lipinski definition) is 4. The third-order valence-corrected chi connectivity index (χ3v) is 3.13. The van der Waals surface area contributed by atoms with Gasteiger partial charge >= 0.3 is 5.97 Å². The van der Waals surface area contributed by atoms with Gasteiger partial charge in [0, 0.05) is 6.54 Å². The average molecular weight is 228 g/mol. The Labute approximate surface area is 95.7 Å². The van der Waals surface area contributed by atoms with Crippen LogP contribution in [0.15, 0.2) is 0 Å². The molecule has 0 aromatic carbocycles. The molecule has 0 spiro atoms. The quantitative estimate of drug-likeness (QED) is 0.658. The Hall–Kier alpha value is -1.10. The maximum absolute atomic E-state index is 11.9. The topological polar surface area (TPSA) is 81.4 Å². The first-order valence-corrected chi connectivity index (χ1v) is 5.78. The molecule has 0 radical (unpaired) electrons. The number of hydrogen-bond donors (Lipinski definition) is 2. The molecule has 3 N–H and O–H groups in total. The van der Waals surface area contributed by atoms with E-state index in [9.17, 15) is 9.59 Å². The Kier molecular flexibility index (Phi) is 4.73. The third-order valence-electron chi connectivity index (χ3n) is 3.13. The van der Waals surface area contributed by atoms with Gasteiger partial charge in [-0.1, -0.05) is 12.8 Å². The fourth-order valence-corrected chi connectivity index (χ4v) is 2.13. The smallest absolute Gasteiger partial charge is 0.325 e. The van der Waals surface area contributed by atoms with Crippen molar-refractivity contribution in [1.29, 1.82) is 0 Å². The summed E-state index contributed by atoms with van der Waals surface area (Å²) in [7, 11) is 0. The number of carbonyl (C=O) groups is 2. The van der Waals surface area contributed by atoms with E-state index in [0.29, 0.717) is 13.2 Å². The monoisotopic (exact) mass is 228 g/mol. The molecule has 16 heavy (non-hydrogen) atoms. The Morgan fingerprint density at radius 3 is 2.50 bits per heavy atom. The minimum Gasteiger partial charge on any atom is -0.465 e. The lowest BCUT2D eigenvalue weighted by atomic mass is 9.85. The second-order valence-corrected chi connectivity index (χ2v) is 4.18. The number of nitrogens with one attached hydrogen (secondary N) is 1. The largest absolute Gasteiger partial charge is 0.465 e. The van der Waals surface area contributed by atoms with Gasteiger partial charge in [-0.15, -0.1) is 0 Å². The van der Waals surface area contributed by atoms with Crippen LogP contribution in [0.3, 0.4) is 0 Å². The van der Waals surface area contributed by atoms with E-state index >= 15 is 0 Å². The maximum Gasteiger partial charge on any atom is 0.325 e. The summed E-state index contributed by atoms with van der Waals surface area (Å²) in [5.41, 5.74) is 5.21. The Bertz CT molecular complexity index is 260. The molecule has 0 heterocycles. The second-order valence-electron chi connectivity index (χ2n) is 4.18. The van der Waals surface area contributed by atoms with E-state index in [-0.39, 0.29) is 12.5 Å². The fraction of sp³-hybridized carbons (Fsp3) is 0.818. The van der Waals surface area contributed by atoms with Crippen molar-refractivity contribution >= 4 is 11.9 Å². The van der Waals surface area contributed by atoms with E-state index in [1.807, 2.05) is 0 Å². The summed E-state index contributed by atoms with van der Waals surface area (Å²) in [4.78, 5) is 23.0. The molecule has 5 heteroatoms. The highest BCUT2D eigenvalue weighted by Crippen LogP contribution is 2.37. The molecule has 0 aliphatic heterocycles. The fourth-order valence-electron chi connectivity index (χ4n) is 2.13. The zero-order valence-corrected chi connectivity index (χ0v) is 9.75. The van der Waals surface area contributed by atoms with Crippen LogP contribution in [-0.4, -0.2) is 31.6 Å². The van der Waals surface area contributed by atoms with Gasteiger partial charge in [0.15, 0.2) is 0 Å². The minimum atomic E-state index is -0.452. The first-order chi connectivity index (χ1) is 7.64. The molecule has 0 saturated heterocycles. The van der Waals surface area contributed by atoms with Crippen LogP contribution in [0.1, 0.15) is 32.6 Å². The van der Waals surface area contributed by atoms with Crippen molar-refractivity contribution in [2.75, 3.05) is 19.7 Å². The van der Waals surface area contributed by atoms with Crippen molar-refractivity contribution in [3.63, 3.8) is 0 Å². The minimum absolute atomic E-state index is 0.0611. The normalized spacial score (nSPS) is 18.1. The summed E-state index contributed by atoms with van der Waals surface area (Å²) in [5, 5.41) is 2.61.